The summed E-state index contributed by atoms with van der Waals surface area (Å²) in [6.45, 7) is 8.67. The fourth-order valence-corrected chi connectivity index (χ4v) is 3.21. The van der Waals surface area contributed by atoms with Crippen LogP contribution in [0.4, 0.5) is 23.0 Å². The van der Waals surface area contributed by atoms with E-state index in [1.54, 1.807) is 6.33 Å². The number of hydrogen-bond donors (Lipinski definition) is 2. The van der Waals surface area contributed by atoms with E-state index in [1.807, 2.05) is 0 Å². The van der Waals surface area contributed by atoms with Gasteiger partial charge in [0.2, 0.25) is 0 Å². The van der Waals surface area contributed by atoms with Crippen molar-refractivity contribution in [1.82, 2.24) is 9.97 Å². The first-order chi connectivity index (χ1) is 11.5. The highest BCUT2D eigenvalue weighted by Crippen LogP contribution is 2.31. The molecule has 1 aliphatic heterocycles. The van der Waals surface area contributed by atoms with Gasteiger partial charge in [0.25, 0.3) is 0 Å². The van der Waals surface area contributed by atoms with Crippen molar-refractivity contribution in [1.29, 1.82) is 0 Å². The molecule has 0 amide bonds. The number of hydrogen-bond acceptors (Lipinski definition) is 5. The molecule has 128 valence electrons. The van der Waals surface area contributed by atoms with Gasteiger partial charge in [-0.2, -0.15) is 0 Å². The lowest BCUT2D eigenvalue weighted by molar-refractivity contribution is 0.445. The lowest BCUT2D eigenvalue weighted by Gasteiger charge is -2.32. The minimum Gasteiger partial charge on any atom is -0.393 e. The third-order valence-corrected chi connectivity index (χ3v) is 4.66. The molecule has 1 atom stereocenters. The van der Waals surface area contributed by atoms with E-state index in [1.165, 1.54) is 18.4 Å². The summed E-state index contributed by atoms with van der Waals surface area (Å²) in [5, 5.41) is 3.33. The standard InChI is InChI=1S/C19H27N5/c1-13(2)15-6-8-16(9-7-15)23-18-17(20)19(22-12-21-18)24-10-4-5-14(3)11-24/h6-9,12-14H,4-5,10-11,20H2,1-3H3,(H,21,22,23). The molecule has 0 saturated carbocycles. The second-order valence-corrected chi connectivity index (χ2v) is 7.05. The van der Waals surface area contributed by atoms with Crippen LogP contribution in [0.15, 0.2) is 30.6 Å². The molecule has 2 aromatic rings. The summed E-state index contributed by atoms with van der Waals surface area (Å²) in [5.74, 6) is 2.72. The zero-order chi connectivity index (χ0) is 17.1. The normalized spacial score (nSPS) is 18.0. The molecule has 1 aromatic heterocycles. The van der Waals surface area contributed by atoms with Crippen molar-refractivity contribution in [3.63, 3.8) is 0 Å². The molecule has 1 unspecified atom stereocenters. The average molecular weight is 325 g/mol. The van der Waals surface area contributed by atoms with Gasteiger partial charge >= 0.3 is 0 Å². The maximum absolute atomic E-state index is 6.36. The first-order valence-corrected chi connectivity index (χ1v) is 8.77. The topological polar surface area (TPSA) is 67.1 Å². The molecular weight excluding hydrogens is 298 g/mol. The number of benzene rings is 1. The van der Waals surface area contributed by atoms with Gasteiger partial charge in [-0.25, -0.2) is 9.97 Å². The van der Waals surface area contributed by atoms with Crippen LogP contribution < -0.4 is 16.0 Å². The first-order valence-electron chi connectivity index (χ1n) is 8.77. The molecule has 5 nitrogen and oxygen atoms in total. The van der Waals surface area contributed by atoms with Crippen LogP contribution in [0, 0.1) is 5.92 Å². The molecule has 0 radical (unpaired) electrons. The van der Waals surface area contributed by atoms with Crippen molar-refractivity contribution in [3.8, 4) is 0 Å². The van der Waals surface area contributed by atoms with Crippen LogP contribution in [0.2, 0.25) is 0 Å². The van der Waals surface area contributed by atoms with Crippen molar-refractivity contribution < 1.29 is 0 Å². The Balaban J connectivity index is 1.80. The van der Waals surface area contributed by atoms with Crippen LogP contribution in [0.25, 0.3) is 0 Å². The van der Waals surface area contributed by atoms with Gasteiger partial charge in [-0.05, 0) is 42.4 Å². The molecule has 2 heterocycles. The Morgan fingerprint density at radius 3 is 2.62 bits per heavy atom. The molecule has 1 saturated heterocycles. The maximum atomic E-state index is 6.36. The molecule has 3 N–H and O–H groups in total. The fraction of sp³-hybridized carbons (Fsp3) is 0.474. The van der Waals surface area contributed by atoms with Crippen molar-refractivity contribution in [3.05, 3.63) is 36.2 Å². The molecular formula is C19H27N5. The van der Waals surface area contributed by atoms with E-state index >= 15 is 0 Å². The predicted molar refractivity (Wildman–Crippen MR) is 101 cm³/mol. The number of rotatable bonds is 4. The molecule has 24 heavy (non-hydrogen) atoms. The summed E-state index contributed by atoms with van der Waals surface area (Å²) >= 11 is 0. The van der Waals surface area contributed by atoms with Crippen LogP contribution in [0.1, 0.15) is 45.1 Å². The summed E-state index contributed by atoms with van der Waals surface area (Å²) in [6, 6.07) is 8.41. The highest BCUT2D eigenvalue weighted by atomic mass is 15.2. The van der Waals surface area contributed by atoms with Crippen molar-refractivity contribution in [2.24, 2.45) is 5.92 Å². The van der Waals surface area contributed by atoms with E-state index in [0.29, 0.717) is 23.3 Å². The first kappa shape index (κ1) is 16.6. The second-order valence-electron chi connectivity index (χ2n) is 7.05. The number of nitrogens with one attached hydrogen (secondary N) is 1. The SMILES string of the molecule is CC1CCCN(c2ncnc(Nc3ccc(C(C)C)cc3)c2N)C1. The van der Waals surface area contributed by atoms with Gasteiger partial charge in [0.15, 0.2) is 11.6 Å². The van der Waals surface area contributed by atoms with Gasteiger partial charge in [0.05, 0.1) is 0 Å². The highest BCUT2D eigenvalue weighted by Gasteiger charge is 2.21. The summed E-state index contributed by atoms with van der Waals surface area (Å²) in [6.07, 6.45) is 4.05. The lowest BCUT2D eigenvalue weighted by Crippen LogP contribution is -2.35. The predicted octanol–water partition coefficient (Wildman–Crippen LogP) is 4.16. The van der Waals surface area contributed by atoms with E-state index in [9.17, 15) is 0 Å². The van der Waals surface area contributed by atoms with Crippen LogP contribution in [0.5, 0.6) is 0 Å². The largest absolute Gasteiger partial charge is 0.393 e. The van der Waals surface area contributed by atoms with E-state index < -0.39 is 0 Å². The zero-order valence-corrected chi connectivity index (χ0v) is 14.8. The molecule has 0 aliphatic carbocycles. The maximum Gasteiger partial charge on any atom is 0.159 e. The van der Waals surface area contributed by atoms with Gasteiger partial charge in [-0.15, -0.1) is 0 Å². The quantitative estimate of drug-likeness (QED) is 0.883. The highest BCUT2D eigenvalue weighted by molar-refractivity contribution is 5.78. The van der Waals surface area contributed by atoms with Crippen molar-refractivity contribution in [2.45, 2.75) is 39.5 Å². The van der Waals surface area contributed by atoms with E-state index in [2.05, 4.69) is 65.2 Å². The van der Waals surface area contributed by atoms with Crippen LogP contribution in [-0.4, -0.2) is 23.1 Å². The van der Waals surface area contributed by atoms with E-state index in [-0.39, 0.29) is 0 Å². The Hall–Kier alpha value is -2.30. The lowest BCUT2D eigenvalue weighted by atomic mass is 10.0. The van der Waals surface area contributed by atoms with Gasteiger partial charge in [-0.1, -0.05) is 32.9 Å². The van der Waals surface area contributed by atoms with E-state index in [0.717, 1.165) is 24.6 Å². The minimum atomic E-state index is 0.524. The van der Waals surface area contributed by atoms with Crippen LogP contribution in [-0.2, 0) is 0 Å². The number of piperidine rings is 1. The number of nitrogens with zero attached hydrogens (tertiary/aromatic N) is 3. The average Bonchev–Trinajstić information content (AvgIpc) is 2.57. The molecule has 1 aromatic carbocycles. The zero-order valence-electron chi connectivity index (χ0n) is 14.8. The van der Waals surface area contributed by atoms with Gasteiger partial charge in [-0.3, -0.25) is 0 Å². The summed E-state index contributed by atoms with van der Waals surface area (Å²) in [7, 11) is 0. The Morgan fingerprint density at radius 2 is 1.96 bits per heavy atom. The number of nitrogens with two attached hydrogens (primary N) is 1. The molecule has 0 spiro atoms. The molecule has 1 aliphatic rings. The van der Waals surface area contributed by atoms with Crippen LogP contribution >= 0.6 is 0 Å². The Kier molecular flexibility index (Phi) is 4.88. The smallest absolute Gasteiger partial charge is 0.159 e. The van der Waals surface area contributed by atoms with Crippen LogP contribution in [0.3, 0.4) is 0 Å². The van der Waals surface area contributed by atoms with Gasteiger partial charge in [0.1, 0.15) is 12.0 Å². The van der Waals surface area contributed by atoms with Gasteiger partial charge < -0.3 is 16.0 Å². The molecule has 5 heteroatoms. The minimum absolute atomic E-state index is 0.524. The monoisotopic (exact) mass is 325 g/mol. The Labute approximate surface area is 144 Å². The summed E-state index contributed by atoms with van der Waals surface area (Å²) in [5.41, 5.74) is 9.29. The number of anilines is 4. The van der Waals surface area contributed by atoms with Gasteiger partial charge in [0, 0.05) is 18.8 Å². The third kappa shape index (κ3) is 3.61. The molecule has 3 rings (SSSR count). The third-order valence-electron chi connectivity index (χ3n) is 4.66. The van der Waals surface area contributed by atoms with Crippen molar-refractivity contribution >= 4 is 23.0 Å². The molecule has 0 bridgehead atoms. The second kappa shape index (κ2) is 7.07. The molecule has 1 fully saturated rings. The summed E-state index contributed by atoms with van der Waals surface area (Å²) < 4.78 is 0. The van der Waals surface area contributed by atoms with E-state index in [4.69, 9.17) is 5.73 Å². The number of aromatic nitrogens is 2. The van der Waals surface area contributed by atoms with Crippen molar-refractivity contribution in [2.75, 3.05) is 29.0 Å². The number of nitrogen functional groups attached to an aromatic ring is 1. The Morgan fingerprint density at radius 1 is 1.21 bits per heavy atom. The fourth-order valence-electron chi connectivity index (χ4n) is 3.21. The summed E-state index contributed by atoms with van der Waals surface area (Å²) in [4.78, 5) is 11.0. The Bertz CT molecular complexity index is 681.